The van der Waals surface area contributed by atoms with E-state index in [1.165, 1.54) is 5.57 Å². The molecule has 3 unspecified atom stereocenters. The van der Waals surface area contributed by atoms with Crippen LogP contribution in [0.2, 0.25) is 0 Å². The van der Waals surface area contributed by atoms with Crippen molar-refractivity contribution in [2.45, 2.75) is 52.2 Å². The summed E-state index contributed by atoms with van der Waals surface area (Å²) in [7, 11) is -0.867. The molecular formula is C18H31N5OS. The van der Waals surface area contributed by atoms with Gasteiger partial charge in [0.2, 0.25) is 0 Å². The fourth-order valence-corrected chi connectivity index (χ4v) is 3.28. The predicted molar refractivity (Wildman–Crippen MR) is 107 cm³/mol. The highest BCUT2D eigenvalue weighted by molar-refractivity contribution is 7.85. The summed E-state index contributed by atoms with van der Waals surface area (Å²) in [5.41, 5.74) is 9.96. The van der Waals surface area contributed by atoms with E-state index in [-0.39, 0.29) is 11.1 Å². The Hall–Kier alpha value is -1.89. The van der Waals surface area contributed by atoms with Crippen molar-refractivity contribution in [1.29, 1.82) is 0 Å². The van der Waals surface area contributed by atoms with Gasteiger partial charge in [-0.1, -0.05) is 37.6 Å². The van der Waals surface area contributed by atoms with Crippen molar-refractivity contribution in [2.75, 3.05) is 6.26 Å². The second-order valence-corrected chi connectivity index (χ2v) is 7.61. The van der Waals surface area contributed by atoms with E-state index in [2.05, 4.69) is 27.5 Å². The number of aromatic amines is 1. The van der Waals surface area contributed by atoms with Crippen LogP contribution < -0.4 is 11.6 Å². The Bertz CT molecular complexity index is 675. The zero-order chi connectivity index (χ0) is 19.0. The van der Waals surface area contributed by atoms with Gasteiger partial charge in [0.1, 0.15) is 5.69 Å². The van der Waals surface area contributed by atoms with Gasteiger partial charge in [-0.25, -0.2) is 0 Å². The maximum Gasteiger partial charge on any atom is 0.171 e. The Morgan fingerprint density at radius 1 is 1.48 bits per heavy atom. The molecule has 0 saturated heterocycles. The number of nitrogens with one attached hydrogen (secondary N) is 1. The Morgan fingerprint density at radius 3 is 2.72 bits per heavy atom. The van der Waals surface area contributed by atoms with E-state index >= 15 is 0 Å². The third kappa shape index (κ3) is 5.29. The Kier molecular flexibility index (Phi) is 8.61. The van der Waals surface area contributed by atoms with Gasteiger partial charge in [0.15, 0.2) is 5.84 Å². The molecule has 0 aromatic carbocycles. The van der Waals surface area contributed by atoms with Gasteiger partial charge in [-0.3, -0.25) is 9.31 Å². The minimum atomic E-state index is -0.867. The van der Waals surface area contributed by atoms with Crippen LogP contribution in [-0.4, -0.2) is 31.7 Å². The van der Waals surface area contributed by atoms with Crippen LogP contribution in [0.3, 0.4) is 0 Å². The zero-order valence-corrected chi connectivity index (χ0v) is 16.7. The first-order valence-corrected chi connectivity index (χ1v) is 10.3. The molecule has 6 nitrogen and oxygen atoms in total. The lowest BCUT2D eigenvalue weighted by Gasteiger charge is -2.16. The maximum atomic E-state index is 11.7. The molecule has 0 bridgehead atoms. The first kappa shape index (κ1) is 21.2. The molecule has 2 rings (SSSR count). The molecule has 0 aliphatic heterocycles. The van der Waals surface area contributed by atoms with Gasteiger partial charge in [-0.05, 0) is 39.0 Å². The first-order valence-electron chi connectivity index (χ1n) is 8.71. The predicted octanol–water partition coefficient (Wildman–Crippen LogP) is 2.39. The second-order valence-electron chi connectivity index (χ2n) is 5.87. The zero-order valence-electron chi connectivity index (χ0n) is 15.9. The quantitative estimate of drug-likeness (QED) is 0.236. The summed E-state index contributed by atoms with van der Waals surface area (Å²) >= 11 is 0. The molecule has 7 heteroatoms. The van der Waals surface area contributed by atoms with Crippen LogP contribution in [-0.2, 0) is 23.6 Å². The molecule has 0 saturated carbocycles. The lowest BCUT2D eigenvalue weighted by Crippen LogP contribution is -2.18. The van der Waals surface area contributed by atoms with E-state index in [0.29, 0.717) is 11.6 Å². The molecule has 0 amide bonds. The normalized spacial score (nSPS) is 20.1. The van der Waals surface area contributed by atoms with Crippen LogP contribution in [0.25, 0.3) is 0 Å². The number of nitrogens with zero attached hydrogens (tertiary/aromatic N) is 2. The van der Waals surface area contributed by atoms with Gasteiger partial charge in [0.25, 0.3) is 0 Å². The van der Waals surface area contributed by atoms with Crippen molar-refractivity contribution in [1.82, 2.24) is 10.2 Å². The molecule has 25 heavy (non-hydrogen) atoms. The second kappa shape index (κ2) is 10.2. The van der Waals surface area contributed by atoms with Crippen LogP contribution in [0.15, 0.2) is 28.9 Å². The van der Waals surface area contributed by atoms with E-state index in [4.69, 9.17) is 11.6 Å². The molecule has 1 heterocycles. The van der Waals surface area contributed by atoms with E-state index in [1.807, 2.05) is 33.8 Å². The molecular weight excluding hydrogens is 334 g/mol. The summed E-state index contributed by atoms with van der Waals surface area (Å²) in [5.74, 6) is 5.89. The lowest BCUT2D eigenvalue weighted by molar-refractivity contribution is 0.628. The number of hydrazone groups is 1. The van der Waals surface area contributed by atoms with Crippen LogP contribution >= 0.6 is 0 Å². The van der Waals surface area contributed by atoms with Gasteiger partial charge in [-0.15, -0.1) is 0 Å². The van der Waals surface area contributed by atoms with Crippen LogP contribution in [0.5, 0.6) is 0 Å². The number of amidine groups is 1. The highest BCUT2D eigenvalue weighted by atomic mass is 32.2. The monoisotopic (exact) mass is 365 g/mol. The van der Waals surface area contributed by atoms with Crippen LogP contribution in [0.4, 0.5) is 0 Å². The Labute approximate surface area is 153 Å². The van der Waals surface area contributed by atoms with Gasteiger partial charge in [0.05, 0.1) is 0 Å². The van der Waals surface area contributed by atoms with Gasteiger partial charge in [0, 0.05) is 33.6 Å². The number of H-pyrrole nitrogens is 1. The molecule has 0 fully saturated rings. The van der Waals surface area contributed by atoms with Gasteiger partial charge < -0.3 is 11.6 Å². The van der Waals surface area contributed by atoms with Crippen LogP contribution in [0, 0.1) is 5.92 Å². The molecule has 0 radical (unpaired) electrons. The summed E-state index contributed by atoms with van der Waals surface area (Å²) in [6.07, 6.45) is 10.7. The van der Waals surface area contributed by atoms with E-state index in [0.717, 1.165) is 30.5 Å². The van der Waals surface area contributed by atoms with E-state index < -0.39 is 10.8 Å². The maximum absolute atomic E-state index is 11.7. The number of hydrogen-bond donors (Lipinski definition) is 3. The fourth-order valence-electron chi connectivity index (χ4n) is 2.91. The molecule has 3 atom stereocenters. The first-order chi connectivity index (χ1) is 12.0. The van der Waals surface area contributed by atoms with Gasteiger partial charge in [-0.2, -0.15) is 10.2 Å². The third-order valence-corrected chi connectivity index (χ3v) is 5.50. The fraction of sp³-hybridized carbons (Fsp3) is 0.556. The number of fused-ring (bicyclic) bond motifs is 1. The average molecular weight is 366 g/mol. The highest BCUT2D eigenvalue weighted by Crippen LogP contribution is 2.34. The van der Waals surface area contributed by atoms with Crippen molar-refractivity contribution in [3.8, 4) is 0 Å². The number of allylic oxidation sites excluding steroid dienone is 3. The third-order valence-electron chi connectivity index (χ3n) is 4.32. The summed E-state index contributed by atoms with van der Waals surface area (Å²) in [6.45, 7) is 8.00. The SMILES string of the molecule is C/C=C\C/C(=C\C(C)S(C)=O)C1Cc2[nH]nc(/C(N)=N/N)c2C1.CC. The minimum absolute atomic E-state index is 0.0440. The van der Waals surface area contributed by atoms with Crippen LogP contribution in [0.1, 0.15) is 51.1 Å². The summed E-state index contributed by atoms with van der Waals surface area (Å²) in [4.78, 5) is 0. The molecule has 1 aromatic rings. The molecule has 5 N–H and O–H groups in total. The van der Waals surface area contributed by atoms with Crippen molar-refractivity contribution in [3.63, 3.8) is 0 Å². The minimum Gasteiger partial charge on any atom is -0.380 e. The summed E-state index contributed by atoms with van der Waals surface area (Å²) in [5, 5.41) is 10.8. The molecule has 0 spiro atoms. The largest absolute Gasteiger partial charge is 0.380 e. The number of hydrogen-bond acceptors (Lipinski definition) is 4. The summed E-state index contributed by atoms with van der Waals surface area (Å²) in [6, 6.07) is 0. The van der Waals surface area contributed by atoms with E-state index in [9.17, 15) is 4.21 Å². The molecule has 1 aliphatic carbocycles. The average Bonchev–Trinajstić information content (AvgIpc) is 3.19. The van der Waals surface area contributed by atoms with Crippen molar-refractivity contribution < 1.29 is 4.21 Å². The number of aromatic nitrogens is 2. The molecule has 1 aromatic heterocycles. The van der Waals surface area contributed by atoms with E-state index in [1.54, 1.807) is 6.26 Å². The lowest BCUT2D eigenvalue weighted by atomic mass is 9.92. The van der Waals surface area contributed by atoms with Crippen molar-refractivity contribution >= 4 is 16.6 Å². The topological polar surface area (TPSA) is 110 Å². The highest BCUT2D eigenvalue weighted by Gasteiger charge is 2.30. The Balaban J connectivity index is 0.00000151. The van der Waals surface area contributed by atoms with Gasteiger partial charge >= 0.3 is 0 Å². The van der Waals surface area contributed by atoms with Crippen molar-refractivity contribution in [2.24, 2.45) is 22.6 Å². The summed E-state index contributed by atoms with van der Waals surface area (Å²) < 4.78 is 11.7. The molecule has 140 valence electrons. The standard InChI is InChI=1S/C16H25N5OS.C2H6/c1-4-5-6-11(7-10(2)23(3)22)12-8-13-14(9-12)20-21-15(13)16(17)19-18;1-2/h4-5,7,10,12H,6,8-9,18H2,1-3H3,(H2,17,19)(H,20,21);1-2H3/b5-4-,11-7+;. The smallest absolute Gasteiger partial charge is 0.171 e. The Morgan fingerprint density at radius 2 is 2.16 bits per heavy atom. The molecule has 1 aliphatic rings. The number of nitrogens with two attached hydrogens (primary N) is 2. The van der Waals surface area contributed by atoms with Crippen molar-refractivity contribution in [3.05, 3.63) is 40.8 Å². The number of rotatable bonds is 6.